The lowest BCUT2D eigenvalue weighted by Crippen LogP contribution is -2.32. The lowest BCUT2D eigenvalue weighted by Gasteiger charge is -2.22. The number of piperidine rings is 1. The van der Waals surface area contributed by atoms with Crippen LogP contribution in [0, 0.1) is 5.92 Å². The van der Waals surface area contributed by atoms with E-state index in [0.717, 1.165) is 13.2 Å². The topological polar surface area (TPSA) is 30.5 Å². The van der Waals surface area contributed by atoms with Crippen LogP contribution in [0.2, 0.25) is 0 Å². The SMILES string of the molecule is C=CCOCCOC[C@@H]1CCCNC1. The summed E-state index contributed by atoms with van der Waals surface area (Å²) in [7, 11) is 0. The van der Waals surface area contributed by atoms with Gasteiger partial charge in [-0.05, 0) is 25.3 Å². The van der Waals surface area contributed by atoms with Crippen molar-refractivity contribution in [3.8, 4) is 0 Å². The molecule has 1 aliphatic heterocycles. The summed E-state index contributed by atoms with van der Waals surface area (Å²) in [5.74, 6) is 0.697. The molecule has 0 radical (unpaired) electrons. The predicted molar refractivity (Wildman–Crippen MR) is 57.4 cm³/mol. The van der Waals surface area contributed by atoms with Gasteiger partial charge >= 0.3 is 0 Å². The first-order valence-electron chi connectivity index (χ1n) is 5.40. The van der Waals surface area contributed by atoms with Gasteiger partial charge in [-0.25, -0.2) is 0 Å². The molecule has 0 aromatic rings. The Labute approximate surface area is 86.5 Å². The zero-order valence-electron chi connectivity index (χ0n) is 8.84. The smallest absolute Gasteiger partial charge is 0.0704 e. The van der Waals surface area contributed by atoms with Gasteiger partial charge < -0.3 is 14.8 Å². The summed E-state index contributed by atoms with van der Waals surface area (Å²) in [4.78, 5) is 0. The number of ether oxygens (including phenoxy) is 2. The predicted octanol–water partition coefficient (Wildman–Crippen LogP) is 1.21. The Morgan fingerprint density at radius 1 is 1.36 bits per heavy atom. The van der Waals surface area contributed by atoms with Gasteiger partial charge in [-0.1, -0.05) is 6.08 Å². The molecular weight excluding hydrogens is 178 g/mol. The van der Waals surface area contributed by atoms with Crippen LogP contribution in [0.4, 0.5) is 0 Å². The van der Waals surface area contributed by atoms with Crippen LogP contribution in [0.25, 0.3) is 0 Å². The summed E-state index contributed by atoms with van der Waals surface area (Å²) >= 11 is 0. The van der Waals surface area contributed by atoms with Crippen LogP contribution in [0.3, 0.4) is 0 Å². The van der Waals surface area contributed by atoms with Gasteiger partial charge in [0.2, 0.25) is 0 Å². The van der Waals surface area contributed by atoms with Gasteiger partial charge in [-0.3, -0.25) is 0 Å². The molecule has 0 saturated carbocycles. The van der Waals surface area contributed by atoms with E-state index in [-0.39, 0.29) is 0 Å². The summed E-state index contributed by atoms with van der Waals surface area (Å²) in [5, 5.41) is 3.37. The molecule has 1 atom stereocenters. The highest BCUT2D eigenvalue weighted by Crippen LogP contribution is 2.09. The molecule has 1 rings (SSSR count). The fraction of sp³-hybridized carbons (Fsp3) is 0.818. The average molecular weight is 199 g/mol. The summed E-state index contributed by atoms with van der Waals surface area (Å²) in [6, 6.07) is 0. The Kier molecular flexibility index (Phi) is 6.66. The molecule has 0 spiro atoms. The summed E-state index contributed by atoms with van der Waals surface area (Å²) in [6.45, 7) is 8.70. The maximum Gasteiger partial charge on any atom is 0.0704 e. The second-order valence-electron chi connectivity index (χ2n) is 3.65. The third-order valence-corrected chi connectivity index (χ3v) is 2.36. The second-order valence-corrected chi connectivity index (χ2v) is 3.65. The second kappa shape index (κ2) is 7.97. The molecule has 0 aromatic carbocycles. The lowest BCUT2D eigenvalue weighted by molar-refractivity contribution is 0.0377. The lowest BCUT2D eigenvalue weighted by atomic mass is 10.0. The van der Waals surface area contributed by atoms with E-state index in [1.807, 2.05) is 0 Å². The highest BCUT2D eigenvalue weighted by atomic mass is 16.5. The van der Waals surface area contributed by atoms with Crippen molar-refractivity contribution < 1.29 is 9.47 Å². The molecular formula is C11H21NO2. The van der Waals surface area contributed by atoms with Crippen LogP contribution >= 0.6 is 0 Å². The minimum absolute atomic E-state index is 0.619. The first-order valence-corrected chi connectivity index (χ1v) is 5.40. The molecule has 1 N–H and O–H groups in total. The zero-order chi connectivity index (χ0) is 10.1. The van der Waals surface area contributed by atoms with E-state index in [1.54, 1.807) is 6.08 Å². The van der Waals surface area contributed by atoms with Gasteiger partial charge in [0.25, 0.3) is 0 Å². The third-order valence-electron chi connectivity index (χ3n) is 2.36. The van der Waals surface area contributed by atoms with E-state index in [9.17, 15) is 0 Å². The van der Waals surface area contributed by atoms with Gasteiger partial charge in [0.1, 0.15) is 0 Å². The Morgan fingerprint density at radius 3 is 2.93 bits per heavy atom. The van der Waals surface area contributed by atoms with Crippen molar-refractivity contribution in [1.29, 1.82) is 0 Å². The molecule has 82 valence electrons. The Balaban J connectivity index is 1.85. The van der Waals surface area contributed by atoms with Gasteiger partial charge in [-0.15, -0.1) is 6.58 Å². The van der Waals surface area contributed by atoms with Crippen molar-refractivity contribution in [1.82, 2.24) is 5.32 Å². The van der Waals surface area contributed by atoms with Crippen LogP contribution in [0.5, 0.6) is 0 Å². The normalized spacial score (nSPS) is 22.1. The van der Waals surface area contributed by atoms with Gasteiger partial charge in [-0.2, -0.15) is 0 Å². The largest absolute Gasteiger partial charge is 0.379 e. The van der Waals surface area contributed by atoms with Crippen molar-refractivity contribution in [2.45, 2.75) is 12.8 Å². The van der Waals surface area contributed by atoms with E-state index in [4.69, 9.17) is 9.47 Å². The minimum atomic E-state index is 0.619. The molecule has 0 aliphatic carbocycles. The summed E-state index contributed by atoms with van der Waals surface area (Å²) < 4.78 is 10.7. The van der Waals surface area contributed by atoms with Gasteiger partial charge in [0.15, 0.2) is 0 Å². The first-order chi connectivity index (χ1) is 6.93. The van der Waals surface area contributed by atoms with E-state index >= 15 is 0 Å². The molecule has 0 bridgehead atoms. The van der Waals surface area contributed by atoms with Crippen molar-refractivity contribution in [2.75, 3.05) is 39.5 Å². The molecule has 1 saturated heterocycles. The molecule has 3 heteroatoms. The molecule has 0 unspecified atom stereocenters. The van der Waals surface area contributed by atoms with E-state index in [2.05, 4.69) is 11.9 Å². The number of rotatable bonds is 7. The Hall–Kier alpha value is -0.380. The average Bonchev–Trinajstić information content (AvgIpc) is 2.25. The van der Waals surface area contributed by atoms with Crippen LogP contribution in [-0.4, -0.2) is 39.5 Å². The third kappa shape index (κ3) is 5.37. The molecule has 0 amide bonds. The molecule has 3 nitrogen and oxygen atoms in total. The maximum atomic E-state index is 5.52. The van der Waals surface area contributed by atoms with E-state index in [1.165, 1.54) is 19.4 Å². The Bertz CT molecular complexity index is 144. The van der Waals surface area contributed by atoms with Crippen molar-refractivity contribution in [2.24, 2.45) is 5.92 Å². The zero-order valence-corrected chi connectivity index (χ0v) is 8.84. The number of nitrogens with one attached hydrogen (secondary N) is 1. The summed E-state index contributed by atoms with van der Waals surface area (Å²) in [6.07, 6.45) is 4.33. The van der Waals surface area contributed by atoms with Gasteiger partial charge in [0.05, 0.1) is 26.4 Å². The number of hydrogen-bond acceptors (Lipinski definition) is 3. The highest BCUT2D eigenvalue weighted by molar-refractivity contribution is 4.68. The first kappa shape index (κ1) is 11.7. The van der Waals surface area contributed by atoms with Crippen LogP contribution in [-0.2, 0) is 9.47 Å². The summed E-state index contributed by atoms with van der Waals surface area (Å²) in [5.41, 5.74) is 0. The highest BCUT2D eigenvalue weighted by Gasteiger charge is 2.12. The van der Waals surface area contributed by atoms with Crippen molar-refractivity contribution in [3.05, 3.63) is 12.7 Å². The van der Waals surface area contributed by atoms with E-state index < -0.39 is 0 Å². The van der Waals surface area contributed by atoms with E-state index in [0.29, 0.717) is 25.7 Å². The standard InChI is InChI=1S/C11H21NO2/c1-2-6-13-7-8-14-10-11-4-3-5-12-9-11/h2,11-12H,1,3-10H2/t11-/m1/s1. The molecule has 1 aliphatic rings. The van der Waals surface area contributed by atoms with Crippen LogP contribution in [0.15, 0.2) is 12.7 Å². The van der Waals surface area contributed by atoms with Crippen molar-refractivity contribution in [3.63, 3.8) is 0 Å². The molecule has 14 heavy (non-hydrogen) atoms. The fourth-order valence-corrected chi connectivity index (χ4v) is 1.60. The van der Waals surface area contributed by atoms with Gasteiger partial charge in [0, 0.05) is 6.54 Å². The van der Waals surface area contributed by atoms with Crippen LogP contribution in [0.1, 0.15) is 12.8 Å². The Morgan fingerprint density at radius 2 is 2.21 bits per heavy atom. The molecule has 1 fully saturated rings. The number of hydrogen-bond donors (Lipinski definition) is 1. The van der Waals surface area contributed by atoms with Crippen LogP contribution < -0.4 is 5.32 Å². The molecule has 1 heterocycles. The monoisotopic (exact) mass is 199 g/mol. The quantitative estimate of drug-likeness (QED) is 0.494. The maximum absolute atomic E-state index is 5.52. The fourth-order valence-electron chi connectivity index (χ4n) is 1.60. The molecule has 0 aromatic heterocycles. The minimum Gasteiger partial charge on any atom is -0.379 e. The van der Waals surface area contributed by atoms with Crippen molar-refractivity contribution >= 4 is 0 Å².